The maximum atomic E-state index is 12.3. The van der Waals surface area contributed by atoms with Crippen LogP contribution in [0.3, 0.4) is 0 Å². The summed E-state index contributed by atoms with van der Waals surface area (Å²) in [5, 5.41) is 2.93. The fraction of sp³-hybridized carbons (Fsp3) is 0.562. The lowest BCUT2D eigenvalue weighted by Crippen LogP contribution is -2.43. The quantitative estimate of drug-likeness (QED) is 0.831. The van der Waals surface area contributed by atoms with E-state index in [0.29, 0.717) is 18.1 Å². The highest BCUT2D eigenvalue weighted by atomic mass is 32.2. The van der Waals surface area contributed by atoms with Crippen LogP contribution < -0.4 is 5.32 Å². The molecule has 2 atom stereocenters. The lowest BCUT2D eigenvalue weighted by Gasteiger charge is -2.23. The van der Waals surface area contributed by atoms with Crippen LogP contribution in [0.1, 0.15) is 25.3 Å². The fourth-order valence-corrected chi connectivity index (χ4v) is 3.30. The van der Waals surface area contributed by atoms with Gasteiger partial charge in [0.05, 0.1) is 6.04 Å². The first kappa shape index (κ1) is 16.2. The summed E-state index contributed by atoms with van der Waals surface area (Å²) in [5.41, 5.74) is 1.24. The topological polar surface area (TPSA) is 49.4 Å². The zero-order valence-electron chi connectivity index (χ0n) is 12.6. The van der Waals surface area contributed by atoms with Gasteiger partial charge in [0.25, 0.3) is 0 Å². The lowest BCUT2D eigenvalue weighted by molar-refractivity contribution is -0.125. The minimum absolute atomic E-state index is 0.0414. The number of carbonyl (C=O) groups excluding carboxylic acids is 1. The van der Waals surface area contributed by atoms with Crippen LogP contribution >= 0.6 is 0 Å². The maximum absolute atomic E-state index is 12.3. The number of rotatable bonds is 7. The second kappa shape index (κ2) is 8.29. The molecule has 1 aliphatic rings. The van der Waals surface area contributed by atoms with E-state index >= 15 is 0 Å². The van der Waals surface area contributed by atoms with Crippen LogP contribution in [0.2, 0.25) is 0 Å². The summed E-state index contributed by atoms with van der Waals surface area (Å²) in [6.07, 6.45) is 1.97. The predicted octanol–water partition coefficient (Wildman–Crippen LogP) is 1.54. The molecule has 0 radical (unpaired) electrons. The number of hydrogen-bond donors (Lipinski definition) is 1. The zero-order valence-corrected chi connectivity index (χ0v) is 13.4. The summed E-state index contributed by atoms with van der Waals surface area (Å²) < 4.78 is 11.4. The van der Waals surface area contributed by atoms with Crippen molar-refractivity contribution in [1.82, 2.24) is 10.2 Å². The number of carbonyl (C=O) groups is 1. The third kappa shape index (κ3) is 4.93. The van der Waals surface area contributed by atoms with E-state index < -0.39 is 10.8 Å². The van der Waals surface area contributed by atoms with Gasteiger partial charge in [-0.05, 0) is 24.9 Å². The van der Waals surface area contributed by atoms with Crippen molar-refractivity contribution in [2.75, 3.05) is 24.6 Å². The third-order valence-electron chi connectivity index (χ3n) is 3.85. The molecule has 1 aromatic carbocycles. The van der Waals surface area contributed by atoms with E-state index in [1.54, 1.807) is 0 Å². The molecule has 4 nitrogen and oxygen atoms in total. The number of nitrogens with one attached hydrogen (secondary N) is 1. The second-order valence-corrected chi connectivity index (χ2v) is 7.20. The van der Waals surface area contributed by atoms with Gasteiger partial charge in [0, 0.05) is 35.4 Å². The van der Waals surface area contributed by atoms with Gasteiger partial charge in [0.15, 0.2) is 0 Å². The summed E-state index contributed by atoms with van der Waals surface area (Å²) in [6.45, 7) is 4.19. The van der Waals surface area contributed by atoms with Crippen LogP contribution in [0.4, 0.5) is 0 Å². The Morgan fingerprint density at radius 3 is 2.86 bits per heavy atom. The van der Waals surface area contributed by atoms with E-state index in [1.165, 1.54) is 5.56 Å². The molecule has 1 amide bonds. The molecule has 1 N–H and O–H groups in total. The minimum Gasteiger partial charge on any atom is -0.354 e. The van der Waals surface area contributed by atoms with Crippen molar-refractivity contribution in [3.05, 3.63) is 35.9 Å². The predicted molar refractivity (Wildman–Crippen MR) is 86.4 cm³/mol. The first-order valence-corrected chi connectivity index (χ1v) is 9.10. The molecule has 0 spiro atoms. The van der Waals surface area contributed by atoms with E-state index in [-0.39, 0.29) is 11.9 Å². The Morgan fingerprint density at radius 2 is 2.14 bits per heavy atom. The van der Waals surface area contributed by atoms with Crippen LogP contribution in [0.5, 0.6) is 0 Å². The summed E-state index contributed by atoms with van der Waals surface area (Å²) >= 11 is 0. The number of hydrogen-bond acceptors (Lipinski definition) is 3. The molecule has 1 heterocycles. The van der Waals surface area contributed by atoms with Gasteiger partial charge in [0.2, 0.25) is 5.91 Å². The van der Waals surface area contributed by atoms with Crippen molar-refractivity contribution >= 4 is 16.7 Å². The third-order valence-corrected chi connectivity index (χ3v) is 5.15. The largest absolute Gasteiger partial charge is 0.354 e. The molecule has 0 aromatic heterocycles. The van der Waals surface area contributed by atoms with Crippen LogP contribution in [0.25, 0.3) is 0 Å². The van der Waals surface area contributed by atoms with E-state index in [2.05, 4.69) is 22.3 Å². The first-order valence-electron chi connectivity index (χ1n) is 7.61. The first-order chi connectivity index (χ1) is 10.2. The molecule has 0 unspecified atom stereocenters. The summed E-state index contributed by atoms with van der Waals surface area (Å²) in [4.78, 5) is 14.5. The molecule has 21 heavy (non-hydrogen) atoms. The van der Waals surface area contributed by atoms with E-state index in [1.807, 2.05) is 25.1 Å². The summed E-state index contributed by atoms with van der Waals surface area (Å²) in [7, 11) is -0.813. The summed E-state index contributed by atoms with van der Waals surface area (Å²) in [6, 6.07) is 10.2. The molecule has 0 bridgehead atoms. The molecule has 1 aliphatic heterocycles. The lowest BCUT2D eigenvalue weighted by atomic mass is 10.1. The molecule has 2 rings (SSSR count). The van der Waals surface area contributed by atoms with Crippen molar-refractivity contribution in [3.63, 3.8) is 0 Å². The SMILES string of the molecule is CC[S@@](=O)CCNC(=O)[C@@H]1CCCN1Cc1ccccc1. The van der Waals surface area contributed by atoms with Gasteiger partial charge in [-0.15, -0.1) is 0 Å². The number of benzene rings is 1. The zero-order chi connectivity index (χ0) is 15.1. The van der Waals surface area contributed by atoms with Gasteiger partial charge in [0.1, 0.15) is 0 Å². The van der Waals surface area contributed by atoms with E-state index in [4.69, 9.17) is 0 Å². The average Bonchev–Trinajstić information content (AvgIpc) is 2.96. The standard InChI is InChI=1S/C16H24N2O2S/c1-2-21(20)12-10-17-16(19)15-9-6-11-18(15)13-14-7-4-3-5-8-14/h3-5,7-8,15H,2,6,9-13H2,1H3,(H,17,19)/t15-,21+/m0/s1. The van der Waals surface area contributed by atoms with Gasteiger partial charge in [-0.3, -0.25) is 13.9 Å². The molecule has 1 fully saturated rings. The number of amides is 1. The smallest absolute Gasteiger partial charge is 0.237 e. The molecule has 1 aromatic rings. The van der Waals surface area contributed by atoms with Crippen molar-refractivity contribution in [3.8, 4) is 0 Å². The van der Waals surface area contributed by atoms with Crippen molar-refractivity contribution in [2.24, 2.45) is 0 Å². The van der Waals surface area contributed by atoms with E-state index in [0.717, 1.165) is 25.9 Å². The number of nitrogens with zero attached hydrogens (tertiary/aromatic N) is 1. The van der Waals surface area contributed by atoms with Gasteiger partial charge in [-0.1, -0.05) is 37.3 Å². The van der Waals surface area contributed by atoms with Crippen molar-refractivity contribution < 1.29 is 9.00 Å². The Morgan fingerprint density at radius 1 is 1.38 bits per heavy atom. The minimum atomic E-state index is -0.813. The summed E-state index contributed by atoms with van der Waals surface area (Å²) in [5.74, 6) is 1.28. The van der Waals surface area contributed by atoms with Crippen molar-refractivity contribution in [2.45, 2.75) is 32.4 Å². The highest BCUT2D eigenvalue weighted by molar-refractivity contribution is 7.84. The molecule has 1 saturated heterocycles. The highest BCUT2D eigenvalue weighted by Crippen LogP contribution is 2.20. The Balaban J connectivity index is 1.83. The molecule has 0 saturated carbocycles. The number of likely N-dealkylation sites (tertiary alicyclic amines) is 1. The van der Waals surface area contributed by atoms with Crippen LogP contribution in [0, 0.1) is 0 Å². The molecule has 116 valence electrons. The van der Waals surface area contributed by atoms with Gasteiger partial charge in [-0.2, -0.15) is 0 Å². The Bertz CT molecular complexity index is 478. The van der Waals surface area contributed by atoms with E-state index in [9.17, 15) is 9.00 Å². The van der Waals surface area contributed by atoms with Crippen LogP contribution in [-0.4, -0.2) is 45.7 Å². The average molecular weight is 308 g/mol. The normalized spacial score (nSPS) is 20.3. The second-order valence-electron chi connectivity index (χ2n) is 5.34. The molecular weight excluding hydrogens is 284 g/mol. The monoisotopic (exact) mass is 308 g/mol. The Labute approximate surface area is 129 Å². The van der Waals surface area contributed by atoms with Crippen LogP contribution in [0.15, 0.2) is 30.3 Å². The Hall–Kier alpha value is -1.20. The molecule has 0 aliphatic carbocycles. The van der Waals surface area contributed by atoms with Gasteiger partial charge < -0.3 is 5.32 Å². The Kier molecular flexibility index (Phi) is 6.39. The van der Waals surface area contributed by atoms with Crippen LogP contribution in [-0.2, 0) is 22.1 Å². The molecular formula is C16H24N2O2S. The van der Waals surface area contributed by atoms with Gasteiger partial charge >= 0.3 is 0 Å². The maximum Gasteiger partial charge on any atom is 0.237 e. The van der Waals surface area contributed by atoms with Crippen molar-refractivity contribution in [1.29, 1.82) is 0 Å². The molecule has 5 heteroatoms. The fourth-order valence-electron chi connectivity index (χ4n) is 2.68. The van der Waals surface area contributed by atoms with Gasteiger partial charge in [-0.25, -0.2) is 0 Å². The highest BCUT2D eigenvalue weighted by Gasteiger charge is 2.30.